The first-order valence-corrected chi connectivity index (χ1v) is 11.5. The number of urea groups is 1. The molecule has 0 atom stereocenters. The molecule has 1 saturated heterocycles. The number of anilines is 2. The maximum atomic E-state index is 12.8. The van der Waals surface area contributed by atoms with Gasteiger partial charge >= 0.3 is 6.03 Å². The fourth-order valence-corrected chi connectivity index (χ4v) is 4.23. The number of benzene rings is 3. The van der Waals surface area contributed by atoms with Crippen LogP contribution in [-0.4, -0.2) is 61.5 Å². The average molecular weight is 470 g/mol. The number of rotatable bonds is 5. The number of carbonyl (C=O) groups is 1. The molecule has 0 spiro atoms. The molecule has 0 bridgehead atoms. The maximum absolute atomic E-state index is 12.8. The number of fused-ring (bicyclic) bond motifs is 1. The van der Waals surface area contributed by atoms with E-state index in [9.17, 15) is 4.79 Å². The zero-order valence-corrected chi connectivity index (χ0v) is 19.8. The van der Waals surface area contributed by atoms with Crippen molar-refractivity contribution in [3.05, 3.63) is 72.8 Å². The van der Waals surface area contributed by atoms with Gasteiger partial charge in [-0.1, -0.05) is 36.4 Å². The fourth-order valence-electron chi connectivity index (χ4n) is 4.23. The molecule has 8 heteroatoms. The molecule has 35 heavy (non-hydrogen) atoms. The summed E-state index contributed by atoms with van der Waals surface area (Å²) in [5.74, 6) is 2.03. The molecule has 8 nitrogen and oxygen atoms in total. The van der Waals surface area contributed by atoms with Crippen LogP contribution in [0.25, 0.3) is 22.0 Å². The molecule has 1 N–H and O–H groups in total. The quantitative estimate of drug-likeness (QED) is 0.458. The van der Waals surface area contributed by atoms with Crippen LogP contribution in [-0.2, 0) is 0 Å². The Kier molecular flexibility index (Phi) is 6.34. The van der Waals surface area contributed by atoms with Crippen LogP contribution >= 0.6 is 0 Å². The lowest BCUT2D eigenvalue weighted by Gasteiger charge is -2.35. The minimum absolute atomic E-state index is 0.161. The van der Waals surface area contributed by atoms with Gasteiger partial charge in [-0.05, 0) is 41.1 Å². The zero-order chi connectivity index (χ0) is 24.2. The first-order valence-electron chi connectivity index (χ1n) is 11.5. The van der Waals surface area contributed by atoms with Gasteiger partial charge in [0, 0.05) is 37.8 Å². The molecule has 0 unspecified atom stereocenters. The smallest absolute Gasteiger partial charge is 0.322 e. The van der Waals surface area contributed by atoms with E-state index in [0.717, 1.165) is 17.1 Å². The molecular weight excluding hydrogens is 442 g/mol. The number of methoxy groups -OCH3 is 2. The van der Waals surface area contributed by atoms with Gasteiger partial charge in [0.15, 0.2) is 5.82 Å². The Labute approximate surface area is 204 Å². The van der Waals surface area contributed by atoms with Crippen molar-refractivity contribution >= 4 is 28.3 Å². The summed E-state index contributed by atoms with van der Waals surface area (Å²) >= 11 is 0. The Hall–Kier alpha value is -4.33. The van der Waals surface area contributed by atoms with Gasteiger partial charge in [-0.2, -0.15) is 0 Å². The van der Waals surface area contributed by atoms with Crippen LogP contribution in [0.2, 0.25) is 0 Å². The van der Waals surface area contributed by atoms with Gasteiger partial charge in [0.2, 0.25) is 0 Å². The molecule has 0 saturated carbocycles. The van der Waals surface area contributed by atoms with Gasteiger partial charge < -0.3 is 24.6 Å². The molecule has 0 radical (unpaired) electrons. The highest BCUT2D eigenvalue weighted by Crippen LogP contribution is 2.29. The minimum Gasteiger partial charge on any atom is -0.497 e. The molecule has 2 heterocycles. The Balaban J connectivity index is 1.20. The normalized spacial score (nSPS) is 13.5. The number of carbonyl (C=O) groups excluding carboxylic acids is 1. The number of hydrogen-bond donors (Lipinski definition) is 1. The highest BCUT2D eigenvalue weighted by molar-refractivity contribution is 5.91. The van der Waals surface area contributed by atoms with Gasteiger partial charge in [0.25, 0.3) is 0 Å². The molecule has 1 aromatic heterocycles. The molecule has 178 valence electrons. The van der Waals surface area contributed by atoms with Crippen LogP contribution in [0, 0.1) is 0 Å². The van der Waals surface area contributed by atoms with E-state index in [2.05, 4.69) is 50.7 Å². The summed E-state index contributed by atoms with van der Waals surface area (Å²) < 4.78 is 10.6. The lowest BCUT2D eigenvalue weighted by molar-refractivity contribution is 0.208. The standard InChI is InChI=1S/C27H27N5O3/c1-34-22-9-10-24(25(18-22)35-2)28-27(33)32-15-13-31(14-16-32)26-12-11-23(29-30-26)21-8-7-19-5-3-4-6-20(19)17-21/h3-12,17-18H,13-16H2,1-2H3,(H,28,33). The number of ether oxygens (including phenoxy) is 2. The van der Waals surface area contributed by atoms with Crippen molar-refractivity contribution in [1.29, 1.82) is 0 Å². The second kappa shape index (κ2) is 9.89. The third-order valence-electron chi connectivity index (χ3n) is 6.24. The van der Waals surface area contributed by atoms with E-state index in [-0.39, 0.29) is 6.03 Å². The first kappa shape index (κ1) is 22.5. The van der Waals surface area contributed by atoms with E-state index in [0.29, 0.717) is 43.4 Å². The number of nitrogens with zero attached hydrogens (tertiary/aromatic N) is 4. The van der Waals surface area contributed by atoms with Crippen molar-refractivity contribution in [1.82, 2.24) is 15.1 Å². The number of amides is 2. The molecule has 3 aromatic carbocycles. The van der Waals surface area contributed by atoms with Gasteiger partial charge in [-0.3, -0.25) is 0 Å². The second-order valence-corrected chi connectivity index (χ2v) is 8.31. The zero-order valence-electron chi connectivity index (χ0n) is 19.8. The van der Waals surface area contributed by atoms with E-state index >= 15 is 0 Å². The third-order valence-corrected chi connectivity index (χ3v) is 6.24. The van der Waals surface area contributed by atoms with Gasteiger partial charge in [-0.25, -0.2) is 4.79 Å². The highest BCUT2D eigenvalue weighted by Gasteiger charge is 2.23. The molecule has 4 aromatic rings. The maximum Gasteiger partial charge on any atom is 0.322 e. The molecule has 1 aliphatic heterocycles. The summed E-state index contributed by atoms with van der Waals surface area (Å²) in [6, 6.07) is 23.7. The van der Waals surface area contributed by atoms with E-state index in [4.69, 9.17) is 9.47 Å². The number of aromatic nitrogens is 2. The average Bonchev–Trinajstić information content (AvgIpc) is 2.93. The summed E-state index contributed by atoms with van der Waals surface area (Å²) in [5.41, 5.74) is 2.49. The molecule has 1 aliphatic rings. The lowest BCUT2D eigenvalue weighted by atomic mass is 10.1. The summed E-state index contributed by atoms with van der Waals surface area (Å²) in [7, 11) is 3.16. The molecule has 2 amide bonds. The predicted molar refractivity (Wildman–Crippen MR) is 137 cm³/mol. The Morgan fingerprint density at radius 3 is 2.34 bits per heavy atom. The summed E-state index contributed by atoms with van der Waals surface area (Å²) in [4.78, 5) is 16.7. The number of piperazine rings is 1. The summed E-state index contributed by atoms with van der Waals surface area (Å²) in [6.07, 6.45) is 0. The molecule has 1 fully saturated rings. The number of hydrogen-bond acceptors (Lipinski definition) is 6. The van der Waals surface area contributed by atoms with Gasteiger partial charge in [0.05, 0.1) is 25.6 Å². The van der Waals surface area contributed by atoms with Crippen LogP contribution in [0.4, 0.5) is 16.3 Å². The molecule has 0 aliphatic carbocycles. The van der Waals surface area contributed by atoms with Crippen molar-refractivity contribution < 1.29 is 14.3 Å². The summed E-state index contributed by atoms with van der Waals surface area (Å²) in [6.45, 7) is 2.52. The fraction of sp³-hybridized carbons (Fsp3) is 0.222. The van der Waals surface area contributed by atoms with E-state index in [1.807, 2.05) is 24.3 Å². The van der Waals surface area contributed by atoms with E-state index in [1.54, 1.807) is 37.3 Å². The van der Waals surface area contributed by atoms with Crippen molar-refractivity contribution in [2.24, 2.45) is 0 Å². The summed E-state index contributed by atoms with van der Waals surface area (Å²) in [5, 5.41) is 14.2. The van der Waals surface area contributed by atoms with Crippen molar-refractivity contribution in [2.45, 2.75) is 0 Å². The van der Waals surface area contributed by atoms with Crippen molar-refractivity contribution in [3.8, 4) is 22.8 Å². The largest absolute Gasteiger partial charge is 0.497 e. The minimum atomic E-state index is -0.161. The van der Waals surface area contributed by atoms with Crippen LogP contribution < -0.4 is 19.7 Å². The Morgan fingerprint density at radius 1 is 0.829 bits per heavy atom. The van der Waals surface area contributed by atoms with Crippen LogP contribution in [0.5, 0.6) is 11.5 Å². The van der Waals surface area contributed by atoms with Crippen LogP contribution in [0.1, 0.15) is 0 Å². The Bertz CT molecular complexity index is 1330. The highest BCUT2D eigenvalue weighted by atomic mass is 16.5. The monoisotopic (exact) mass is 469 g/mol. The predicted octanol–water partition coefficient (Wildman–Crippen LogP) is 4.67. The van der Waals surface area contributed by atoms with Crippen LogP contribution in [0.3, 0.4) is 0 Å². The van der Waals surface area contributed by atoms with E-state index < -0.39 is 0 Å². The molecular formula is C27H27N5O3. The van der Waals surface area contributed by atoms with E-state index in [1.165, 1.54) is 10.8 Å². The Morgan fingerprint density at radius 2 is 1.63 bits per heavy atom. The van der Waals surface area contributed by atoms with Crippen molar-refractivity contribution in [2.75, 3.05) is 50.6 Å². The molecule has 5 rings (SSSR count). The SMILES string of the molecule is COc1ccc(NC(=O)N2CCN(c3ccc(-c4ccc5ccccc5c4)nn3)CC2)c(OC)c1. The topological polar surface area (TPSA) is 79.8 Å². The first-order chi connectivity index (χ1) is 17.1. The second-order valence-electron chi connectivity index (χ2n) is 8.31. The lowest BCUT2D eigenvalue weighted by Crippen LogP contribution is -2.50. The van der Waals surface area contributed by atoms with Gasteiger partial charge in [0.1, 0.15) is 11.5 Å². The van der Waals surface area contributed by atoms with Gasteiger partial charge in [-0.15, -0.1) is 10.2 Å². The van der Waals surface area contributed by atoms with Crippen molar-refractivity contribution in [3.63, 3.8) is 0 Å². The van der Waals surface area contributed by atoms with Crippen LogP contribution in [0.15, 0.2) is 72.8 Å². The third kappa shape index (κ3) is 4.82. The number of nitrogens with one attached hydrogen (secondary N) is 1.